The highest BCUT2D eigenvalue weighted by molar-refractivity contribution is 7.90. The van der Waals surface area contributed by atoms with E-state index in [0.717, 1.165) is 43.3 Å². The maximum absolute atomic E-state index is 11.5. The Labute approximate surface area is 142 Å². The smallest absolute Gasteiger partial charge is 0.191 e. The molecule has 0 spiro atoms. The minimum absolute atomic E-state index is 0.137. The summed E-state index contributed by atoms with van der Waals surface area (Å²) in [5, 5.41) is 7.62. The standard InChI is InChI=1S/C15H26N4O2S2/c1-4-16-14(17-8-5-13-18-9-12(2)22-13)19-10-15(6-7-15)11-23(3,20)21/h9H,4-8,10-11H2,1-3H3,(H2,16,17,19). The van der Waals surface area contributed by atoms with Gasteiger partial charge in [0.15, 0.2) is 5.96 Å². The maximum atomic E-state index is 11.5. The second-order valence-corrected chi connectivity index (χ2v) is 9.77. The molecule has 130 valence electrons. The Kier molecular flexibility index (Phi) is 6.02. The number of aryl methyl sites for hydroxylation is 1. The van der Waals surface area contributed by atoms with E-state index in [1.54, 1.807) is 11.3 Å². The van der Waals surface area contributed by atoms with Crippen molar-refractivity contribution in [1.29, 1.82) is 0 Å². The second-order valence-electron chi connectivity index (χ2n) is 6.31. The molecule has 1 aromatic rings. The Morgan fingerprint density at radius 2 is 2.17 bits per heavy atom. The van der Waals surface area contributed by atoms with Crippen molar-refractivity contribution >= 4 is 27.1 Å². The van der Waals surface area contributed by atoms with Crippen LogP contribution in [-0.2, 0) is 16.3 Å². The number of guanidine groups is 1. The third-order valence-electron chi connectivity index (χ3n) is 3.74. The summed E-state index contributed by atoms with van der Waals surface area (Å²) in [5.41, 5.74) is -0.137. The first-order chi connectivity index (χ1) is 10.8. The summed E-state index contributed by atoms with van der Waals surface area (Å²) in [7, 11) is -2.95. The lowest BCUT2D eigenvalue weighted by Crippen LogP contribution is -2.39. The number of nitrogens with zero attached hydrogens (tertiary/aromatic N) is 2. The molecule has 1 aliphatic carbocycles. The Bertz CT molecular complexity index is 648. The zero-order chi connectivity index (χ0) is 16.9. The second kappa shape index (κ2) is 7.61. The number of thiazole rings is 1. The summed E-state index contributed by atoms with van der Waals surface area (Å²) in [6.07, 6.45) is 5.94. The molecular formula is C15H26N4O2S2. The molecule has 0 aliphatic heterocycles. The van der Waals surface area contributed by atoms with E-state index in [4.69, 9.17) is 0 Å². The van der Waals surface area contributed by atoms with Crippen LogP contribution in [0, 0.1) is 12.3 Å². The van der Waals surface area contributed by atoms with Crippen molar-refractivity contribution in [3.05, 3.63) is 16.1 Å². The van der Waals surface area contributed by atoms with E-state index in [2.05, 4.69) is 27.5 Å². The molecule has 8 heteroatoms. The predicted molar refractivity (Wildman–Crippen MR) is 95.9 cm³/mol. The average molecular weight is 359 g/mol. The van der Waals surface area contributed by atoms with Gasteiger partial charge in [-0.25, -0.2) is 13.4 Å². The van der Waals surface area contributed by atoms with E-state index in [1.807, 2.05) is 13.1 Å². The summed E-state index contributed by atoms with van der Waals surface area (Å²) >= 11 is 1.71. The number of hydrogen-bond acceptors (Lipinski definition) is 5. The molecular weight excluding hydrogens is 332 g/mol. The van der Waals surface area contributed by atoms with E-state index in [0.29, 0.717) is 6.54 Å². The fourth-order valence-electron chi connectivity index (χ4n) is 2.47. The van der Waals surface area contributed by atoms with E-state index in [9.17, 15) is 8.42 Å². The average Bonchev–Trinajstić information content (AvgIpc) is 3.06. The number of aromatic nitrogens is 1. The number of hydrogen-bond donors (Lipinski definition) is 2. The molecule has 23 heavy (non-hydrogen) atoms. The van der Waals surface area contributed by atoms with Crippen LogP contribution in [0.25, 0.3) is 0 Å². The molecule has 0 unspecified atom stereocenters. The number of rotatable bonds is 8. The number of sulfone groups is 1. The van der Waals surface area contributed by atoms with E-state index in [-0.39, 0.29) is 11.2 Å². The van der Waals surface area contributed by atoms with Crippen LogP contribution in [0.15, 0.2) is 11.2 Å². The van der Waals surface area contributed by atoms with Crippen LogP contribution in [0.1, 0.15) is 29.7 Å². The minimum Gasteiger partial charge on any atom is -0.357 e. The van der Waals surface area contributed by atoms with Crippen LogP contribution < -0.4 is 10.6 Å². The van der Waals surface area contributed by atoms with Crippen molar-refractivity contribution in [3.8, 4) is 0 Å². The monoisotopic (exact) mass is 358 g/mol. The largest absolute Gasteiger partial charge is 0.357 e. The fourth-order valence-corrected chi connectivity index (χ4v) is 4.75. The topological polar surface area (TPSA) is 83.5 Å². The Balaban J connectivity index is 1.85. The highest BCUT2D eigenvalue weighted by Crippen LogP contribution is 2.46. The first kappa shape index (κ1) is 18.2. The molecule has 1 aliphatic rings. The van der Waals surface area contributed by atoms with Gasteiger partial charge in [-0.2, -0.15) is 0 Å². The zero-order valence-electron chi connectivity index (χ0n) is 14.1. The summed E-state index contributed by atoms with van der Waals surface area (Å²) in [5.74, 6) is 0.988. The molecule has 0 saturated heterocycles. The molecule has 0 bridgehead atoms. The van der Waals surface area contributed by atoms with Crippen molar-refractivity contribution in [2.45, 2.75) is 33.1 Å². The van der Waals surface area contributed by atoms with E-state index in [1.165, 1.54) is 11.1 Å². The molecule has 2 rings (SSSR count). The van der Waals surface area contributed by atoms with Gasteiger partial charge in [-0.3, -0.25) is 4.99 Å². The van der Waals surface area contributed by atoms with Gasteiger partial charge in [-0.1, -0.05) is 0 Å². The van der Waals surface area contributed by atoms with Gasteiger partial charge in [-0.05, 0) is 26.7 Å². The summed E-state index contributed by atoms with van der Waals surface area (Å²) < 4.78 is 23.0. The lowest BCUT2D eigenvalue weighted by molar-refractivity contribution is 0.550. The molecule has 1 saturated carbocycles. The third kappa shape index (κ3) is 6.47. The van der Waals surface area contributed by atoms with Crippen molar-refractivity contribution < 1.29 is 8.42 Å². The highest BCUT2D eigenvalue weighted by Gasteiger charge is 2.45. The molecule has 1 heterocycles. The van der Waals surface area contributed by atoms with E-state index < -0.39 is 9.84 Å². The zero-order valence-corrected chi connectivity index (χ0v) is 15.7. The summed E-state index contributed by atoms with van der Waals surface area (Å²) in [6, 6.07) is 0. The van der Waals surface area contributed by atoms with Crippen LogP contribution in [-0.4, -0.2) is 51.0 Å². The Morgan fingerprint density at radius 1 is 1.43 bits per heavy atom. The third-order valence-corrected chi connectivity index (χ3v) is 5.85. The maximum Gasteiger partial charge on any atom is 0.191 e. The lowest BCUT2D eigenvalue weighted by Gasteiger charge is -2.14. The Morgan fingerprint density at radius 3 is 2.70 bits per heavy atom. The highest BCUT2D eigenvalue weighted by atomic mass is 32.2. The molecule has 0 aromatic carbocycles. The molecule has 2 N–H and O–H groups in total. The van der Waals surface area contributed by atoms with Gasteiger partial charge in [0, 0.05) is 48.8 Å². The SMILES string of the molecule is CCNC(=NCC1(CS(C)(=O)=O)CC1)NCCc1ncc(C)s1. The predicted octanol–water partition coefficient (Wildman–Crippen LogP) is 1.37. The quantitative estimate of drug-likeness (QED) is 0.542. The van der Waals surface area contributed by atoms with Crippen molar-refractivity contribution in [2.24, 2.45) is 10.4 Å². The molecule has 1 fully saturated rings. The van der Waals surface area contributed by atoms with Crippen LogP contribution in [0.2, 0.25) is 0 Å². The first-order valence-electron chi connectivity index (χ1n) is 7.93. The van der Waals surface area contributed by atoms with E-state index >= 15 is 0 Å². The van der Waals surface area contributed by atoms with Gasteiger partial charge >= 0.3 is 0 Å². The minimum atomic E-state index is -2.95. The normalized spacial score (nSPS) is 17.1. The van der Waals surface area contributed by atoms with Gasteiger partial charge < -0.3 is 10.6 Å². The molecule has 1 aromatic heterocycles. The molecule has 6 nitrogen and oxygen atoms in total. The number of nitrogens with one attached hydrogen (secondary N) is 2. The van der Waals surface area contributed by atoms with Crippen LogP contribution in [0.3, 0.4) is 0 Å². The van der Waals surface area contributed by atoms with Gasteiger partial charge in [-0.15, -0.1) is 11.3 Å². The van der Waals surface area contributed by atoms with Crippen LogP contribution in [0.4, 0.5) is 0 Å². The Hall–Kier alpha value is -1.15. The van der Waals surface area contributed by atoms with Gasteiger partial charge in [0.2, 0.25) is 0 Å². The first-order valence-corrected chi connectivity index (χ1v) is 10.8. The molecule has 0 radical (unpaired) electrons. The van der Waals surface area contributed by atoms with Crippen molar-refractivity contribution in [2.75, 3.05) is 31.6 Å². The molecule has 0 atom stereocenters. The van der Waals surface area contributed by atoms with Crippen molar-refractivity contribution in [1.82, 2.24) is 15.6 Å². The van der Waals surface area contributed by atoms with Gasteiger partial charge in [0.05, 0.1) is 10.8 Å². The fraction of sp³-hybridized carbons (Fsp3) is 0.733. The lowest BCUT2D eigenvalue weighted by atomic mass is 10.1. The van der Waals surface area contributed by atoms with Gasteiger partial charge in [0.25, 0.3) is 0 Å². The van der Waals surface area contributed by atoms with Gasteiger partial charge in [0.1, 0.15) is 9.84 Å². The number of aliphatic imine (C=N–C) groups is 1. The van der Waals surface area contributed by atoms with Crippen molar-refractivity contribution in [3.63, 3.8) is 0 Å². The van der Waals surface area contributed by atoms with Crippen LogP contribution in [0.5, 0.6) is 0 Å². The van der Waals surface area contributed by atoms with Crippen LogP contribution >= 0.6 is 11.3 Å². The molecule has 0 amide bonds. The summed E-state index contributed by atoms with van der Waals surface area (Å²) in [4.78, 5) is 10.1. The summed E-state index contributed by atoms with van der Waals surface area (Å²) in [6.45, 7) is 6.17.